The lowest BCUT2D eigenvalue weighted by Gasteiger charge is -2.31. The second-order valence-corrected chi connectivity index (χ2v) is 8.33. The predicted molar refractivity (Wildman–Crippen MR) is 51.2 cm³/mol. The average molecular weight is 180 g/mol. The highest BCUT2D eigenvalue weighted by Gasteiger charge is 2.26. The van der Waals surface area contributed by atoms with Gasteiger partial charge in [0, 0.05) is 9.67 Å². The molecule has 0 aromatic heterocycles. The molecule has 1 aliphatic rings. The molecule has 1 saturated heterocycles. The topological polar surface area (TPSA) is 0 Å². The highest BCUT2D eigenvalue weighted by atomic mass is 32.3. The summed E-state index contributed by atoms with van der Waals surface area (Å²) in [6.45, 7) is 6.90. The Morgan fingerprint density at radius 2 is 2.11 bits per heavy atom. The molecule has 1 aliphatic heterocycles. The Kier molecular flexibility index (Phi) is 2.69. The number of rotatable bonds is 0. The largest absolute Gasteiger partial charge is 0.137 e. The van der Waals surface area contributed by atoms with Crippen molar-refractivity contribution in [2.24, 2.45) is 0 Å². The van der Waals surface area contributed by atoms with E-state index in [0.29, 0.717) is 4.08 Å². The van der Waals surface area contributed by atoms with Crippen LogP contribution >= 0.6 is 35.3 Å². The van der Waals surface area contributed by atoms with Crippen molar-refractivity contribution in [1.29, 1.82) is 0 Å². The summed E-state index contributed by atoms with van der Waals surface area (Å²) in [4.78, 5) is 0. The van der Waals surface area contributed by atoms with E-state index in [1.54, 1.807) is 0 Å². The fourth-order valence-corrected chi connectivity index (χ4v) is 6.53. The minimum Gasteiger partial charge on any atom is -0.137 e. The molecule has 0 amide bonds. The summed E-state index contributed by atoms with van der Waals surface area (Å²) in [6, 6.07) is 0. The van der Waals surface area contributed by atoms with Crippen LogP contribution in [0.3, 0.4) is 0 Å². The molecule has 1 rings (SSSR count). The monoisotopic (exact) mass is 180 g/mol. The van der Waals surface area contributed by atoms with Crippen LogP contribution in [-0.4, -0.2) is 13.7 Å². The Morgan fingerprint density at radius 3 is 2.44 bits per heavy atom. The van der Waals surface area contributed by atoms with Gasteiger partial charge in [0.25, 0.3) is 0 Å². The summed E-state index contributed by atoms with van der Waals surface area (Å²) >= 11 is 6.17. The third kappa shape index (κ3) is 2.64. The minimum absolute atomic E-state index is 0.463. The molecule has 0 radical (unpaired) electrons. The molecule has 9 heavy (non-hydrogen) atoms. The summed E-state index contributed by atoms with van der Waals surface area (Å²) in [6.07, 6.45) is 0. The zero-order valence-electron chi connectivity index (χ0n) is 6.01. The smallest absolute Gasteiger partial charge is 0.0574 e. The van der Waals surface area contributed by atoms with E-state index in [9.17, 15) is 0 Å². The van der Waals surface area contributed by atoms with Crippen LogP contribution in [0.4, 0.5) is 0 Å². The summed E-state index contributed by atoms with van der Waals surface area (Å²) in [5.41, 5.74) is 0. The van der Waals surface area contributed by atoms with Crippen LogP contribution in [-0.2, 0) is 0 Å². The fraction of sp³-hybridized carbons (Fsp3) is 1.00. The fourth-order valence-electron chi connectivity index (χ4n) is 0.739. The number of hydrogen-bond donors (Lipinski definition) is 0. The van der Waals surface area contributed by atoms with Gasteiger partial charge in [-0.05, 0) is 20.8 Å². The standard InChI is InChI=1S/C6H12S3/c1-5-7-4-8-6(2,3)9-5/h5H,4H2,1-3H3. The molecular weight excluding hydrogens is 168 g/mol. The molecule has 0 spiro atoms. The third-order valence-corrected chi connectivity index (χ3v) is 5.58. The highest BCUT2D eigenvalue weighted by molar-refractivity contribution is 8.33. The molecule has 0 nitrogen and oxygen atoms in total. The zero-order valence-corrected chi connectivity index (χ0v) is 8.46. The maximum absolute atomic E-state index is 2.30. The van der Waals surface area contributed by atoms with Gasteiger partial charge in [0.1, 0.15) is 0 Å². The lowest BCUT2D eigenvalue weighted by Crippen LogP contribution is -2.17. The molecular formula is C6H12S3. The average Bonchev–Trinajstić information content (AvgIpc) is 1.60. The van der Waals surface area contributed by atoms with Gasteiger partial charge in [-0.15, -0.1) is 35.3 Å². The quantitative estimate of drug-likeness (QED) is 0.562. The normalized spacial score (nSPS) is 34.3. The maximum Gasteiger partial charge on any atom is 0.0574 e. The predicted octanol–water partition coefficient (Wildman–Crippen LogP) is 3.24. The van der Waals surface area contributed by atoms with Gasteiger partial charge in [-0.3, -0.25) is 0 Å². The minimum atomic E-state index is 0.463. The lowest BCUT2D eigenvalue weighted by molar-refractivity contribution is 1.02. The van der Waals surface area contributed by atoms with E-state index in [1.807, 2.05) is 11.8 Å². The van der Waals surface area contributed by atoms with Gasteiger partial charge in [-0.2, -0.15) is 0 Å². The van der Waals surface area contributed by atoms with Crippen LogP contribution in [0.1, 0.15) is 20.8 Å². The van der Waals surface area contributed by atoms with Gasteiger partial charge in [0.2, 0.25) is 0 Å². The van der Waals surface area contributed by atoms with Crippen LogP contribution in [0.5, 0.6) is 0 Å². The second kappa shape index (κ2) is 2.97. The highest BCUT2D eigenvalue weighted by Crippen LogP contribution is 2.48. The van der Waals surface area contributed by atoms with Gasteiger partial charge < -0.3 is 0 Å². The van der Waals surface area contributed by atoms with E-state index in [-0.39, 0.29) is 0 Å². The van der Waals surface area contributed by atoms with Crippen LogP contribution in [0.15, 0.2) is 0 Å². The Morgan fingerprint density at radius 1 is 1.44 bits per heavy atom. The van der Waals surface area contributed by atoms with E-state index < -0.39 is 0 Å². The molecule has 0 aromatic carbocycles. The number of thioether (sulfide) groups is 3. The molecule has 0 saturated carbocycles. The first-order valence-electron chi connectivity index (χ1n) is 3.03. The van der Waals surface area contributed by atoms with E-state index in [4.69, 9.17) is 0 Å². The van der Waals surface area contributed by atoms with Crippen LogP contribution in [0, 0.1) is 0 Å². The molecule has 0 aromatic rings. The Hall–Kier alpha value is 1.05. The summed E-state index contributed by atoms with van der Waals surface area (Å²) in [7, 11) is 0. The van der Waals surface area contributed by atoms with Gasteiger partial charge >= 0.3 is 0 Å². The first kappa shape index (κ1) is 8.15. The van der Waals surface area contributed by atoms with Crippen molar-refractivity contribution in [2.75, 3.05) is 5.08 Å². The van der Waals surface area contributed by atoms with Gasteiger partial charge in [0.05, 0.1) is 4.08 Å². The van der Waals surface area contributed by atoms with Crippen molar-refractivity contribution in [3.63, 3.8) is 0 Å². The Labute approximate surface area is 69.9 Å². The molecule has 1 heterocycles. The van der Waals surface area contributed by atoms with Crippen molar-refractivity contribution in [3.8, 4) is 0 Å². The van der Waals surface area contributed by atoms with E-state index >= 15 is 0 Å². The van der Waals surface area contributed by atoms with Crippen molar-refractivity contribution >= 4 is 35.3 Å². The van der Waals surface area contributed by atoms with Crippen LogP contribution in [0.2, 0.25) is 0 Å². The molecule has 0 aliphatic carbocycles. The van der Waals surface area contributed by atoms with E-state index in [2.05, 4.69) is 44.3 Å². The first-order valence-corrected chi connectivity index (χ1v) is 5.95. The third-order valence-electron chi connectivity index (χ3n) is 1.16. The van der Waals surface area contributed by atoms with Gasteiger partial charge in [-0.25, -0.2) is 0 Å². The Balaban J connectivity index is 2.41. The van der Waals surface area contributed by atoms with Crippen molar-refractivity contribution < 1.29 is 0 Å². The molecule has 54 valence electrons. The van der Waals surface area contributed by atoms with Crippen molar-refractivity contribution in [1.82, 2.24) is 0 Å². The summed E-state index contributed by atoms with van der Waals surface area (Å²) < 4.78 is 1.26. The van der Waals surface area contributed by atoms with Gasteiger partial charge in [-0.1, -0.05) is 0 Å². The molecule has 1 unspecified atom stereocenters. The van der Waals surface area contributed by atoms with Crippen molar-refractivity contribution in [2.45, 2.75) is 29.4 Å². The summed E-state index contributed by atoms with van der Waals surface area (Å²) in [5, 5.41) is 1.27. The lowest BCUT2D eigenvalue weighted by atomic mass is 10.5. The van der Waals surface area contributed by atoms with Crippen LogP contribution in [0.25, 0.3) is 0 Å². The van der Waals surface area contributed by atoms with Gasteiger partial charge in [0.15, 0.2) is 0 Å². The maximum atomic E-state index is 2.30. The number of hydrogen-bond acceptors (Lipinski definition) is 3. The molecule has 1 atom stereocenters. The van der Waals surface area contributed by atoms with Crippen LogP contribution < -0.4 is 0 Å². The van der Waals surface area contributed by atoms with E-state index in [1.165, 1.54) is 5.08 Å². The molecule has 0 N–H and O–H groups in total. The van der Waals surface area contributed by atoms with Crippen molar-refractivity contribution in [3.05, 3.63) is 0 Å². The summed E-state index contributed by atoms with van der Waals surface area (Å²) in [5.74, 6) is 0. The molecule has 3 heteroatoms. The Bertz CT molecular complexity index is 100. The second-order valence-electron chi connectivity index (χ2n) is 2.51. The molecule has 0 bridgehead atoms. The first-order chi connectivity index (χ1) is 4.10. The molecule has 1 fully saturated rings. The SMILES string of the molecule is CC1SCSC(C)(C)S1. The zero-order chi connectivity index (χ0) is 6.91. The van der Waals surface area contributed by atoms with E-state index in [0.717, 1.165) is 4.58 Å².